The van der Waals surface area contributed by atoms with E-state index in [2.05, 4.69) is 17.6 Å². The Morgan fingerprint density at radius 1 is 1.19 bits per heavy atom. The quantitative estimate of drug-likeness (QED) is 0.576. The minimum absolute atomic E-state index is 0.0897. The zero-order valence-electron chi connectivity index (χ0n) is 12.6. The minimum Gasteiger partial charge on any atom is -0.397 e. The molecule has 21 heavy (non-hydrogen) atoms. The fourth-order valence-corrected chi connectivity index (χ4v) is 2.72. The Bertz CT molecular complexity index is 542. The van der Waals surface area contributed by atoms with Crippen LogP contribution in [0.15, 0.2) is 18.2 Å². The average molecular weight is 289 g/mol. The Morgan fingerprint density at radius 3 is 2.62 bits per heavy atom. The van der Waals surface area contributed by atoms with Crippen LogP contribution in [0.1, 0.15) is 38.2 Å². The summed E-state index contributed by atoms with van der Waals surface area (Å²) < 4.78 is 0. The number of nitrogens with one attached hydrogen (secondary N) is 2. The van der Waals surface area contributed by atoms with Gasteiger partial charge in [0.1, 0.15) is 0 Å². The fourth-order valence-electron chi connectivity index (χ4n) is 2.72. The molecule has 0 aromatic heterocycles. The number of carbonyl (C=O) groups excluding carboxylic acids is 2. The van der Waals surface area contributed by atoms with E-state index in [0.717, 1.165) is 24.8 Å². The Morgan fingerprint density at radius 2 is 1.90 bits per heavy atom. The van der Waals surface area contributed by atoms with Gasteiger partial charge in [0.2, 0.25) is 0 Å². The molecular weight excluding hydrogens is 266 g/mol. The van der Waals surface area contributed by atoms with Crippen molar-refractivity contribution >= 4 is 23.2 Å². The molecule has 5 heteroatoms. The van der Waals surface area contributed by atoms with E-state index in [1.165, 1.54) is 6.42 Å². The van der Waals surface area contributed by atoms with Crippen molar-refractivity contribution in [2.75, 3.05) is 11.1 Å². The predicted octanol–water partition coefficient (Wildman–Crippen LogP) is 2.21. The Kier molecular flexibility index (Phi) is 4.83. The molecule has 2 amide bonds. The van der Waals surface area contributed by atoms with Crippen molar-refractivity contribution in [3.63, 3.8) is 0 Å². The Labute approximate surface area is 125 Å². The normalized spacial score (nSPS) is 21.6. The van der Waals surface area contributed by atoms with Crippen LogP contribution in [0, 0.1) is 12.8 Å². The second-order valence-corrected chi connectivity index (χ2v) is 5.89. The summed E-state index contributed by atoms with van der Waals surface area (Å²) in [6.07, 6.45) is 4.32. The van der Waals surface area contributed by atoms with E-state index in [4.69, 9.17) is 5.73 Å². The molecule has 0 bridgehead atoms. The van der Waals surface area contributed by atoms with Crippen LogP contribution in [-0.2, 0) is 9.59 Å². The summed E-state index contributed by atoms with van der Waals surface area (Å²) in [6, 6.07) is 5.41. The highest BCUT2D eigenvalue weighted by Gasteiger charge is 2.25. The summed E-state index contributed by atoms with van der Waals surface area (Å²) >= 11 is 0. The molecule has 0 heterocycles. The van der Waals surface area contributed by atoms with Gasteiger partial charge in [-0.3, -0.25) is 9.59 Å². The van der Waals surface area contributed by atoms with E-state index in [1.54, 1.807) is 12.1 Å². The number of nitrogens with two attached hydrogens (primary N) is 1. The van der Waals surface area contributed by atoms with Crippen molar-refractivity contribution in [3.8, 4) is 0 Å². The monoisotopic (exact) mass is 289 g/mol. The van der Waals surface area contributed by atoms with Crippen molar-refractivity contribution in [1.82, 2.24) is 5.32 Å². The average Bonchev–Trinajstić information content (AvgIpc) is 2.45. The molecule has 0 aliphatic heterocycles. The maximum absolute atomic E-state index is 12.0. The van der Waals surface area contributed by atoms with E-state index in [9.17, 15) is 9.59 Å². The van der Waals surface area contributed by atoms with Gasteiger partial charge in [-0.05, 0) is 43.4 Å². The lowest BCUT2D eigenvalue weighted by molar-refractivity contribution is -0.137. The topological polar surface area (TPSA) is 84.2 Å². The van der Waals surface area contributed by atoms with E-state index in [0.29, 0.717) is 17.3 Å². The number of carbonyl (C=O) groups is 2. The molecular formula is C16H23N3O2. The number of rotatable bonds is 2. The third-order valence-corrected chi connectivity index (χ3v) is 4.09. The largest absolute Gasteiger partial charge is 0.397 e. The summed E-state index contributed by atoms with van der Waals surface area (Å²) in [5.74, 6) is -0.834. The van der Waals surface area contributed by atoms with Gasteiger partial charge in [0.25, 0.3) is 0 Å². The van der Waals surface area contributed by atoms with Gasteiger partial charge in [0.15, 0.2) is 0 Å². The number of hydrogen-bond donors (Lipinski definition) is 3. The van der Waals surface area contributed by atoms with E-state index < -0.39 is 11.8 Å². The zero-order chi connectivity index (χ0) is 15.4. The number of anilines is 2. The predicted molar refractivity (Wildman–Crippen MR) is 83.8 cm³/mol. The van der Waals surface area contributed by atoms with Crippen molar-refractivity contribution < 1.29 is 9.59 Å². The SMILES string of the molecule is Cc1ccc(N)c(NC(=O)C(=O)NC2CCCCC2C)c1. The molecule has 0 spiro atoms. The van der Waals surface area contributed by atoms with Crippen LogP contribution in [0.25, 0.3) is 0 Å². The van der Waals surface area contributed by atoms with Crippen LogP contribution in [0.5, 0.6) is 0 Å². The van der Waals surface area contributed by atoms with Gasteiger partial charge in [0, 0.05) is 6.04 Å². The summed E-state index contributed by atoms with van der Waals surface area (Å²) in [7, 11) is 0. The van der Waals surface area contributed by atoms with Crippen LogP contribution in [0.2, 0.25) is 0 Å². The first kappa shape index (κ1) is 15.4. The van der Waals surface area contributed by atoms with Crippen molar-refractivity contribution in [1.29, 1.82) is 0 Å². The third kappa shape index (κ3) is 3.97. The van der Waals surface area contributed by atoms with E-state index in [1.807, 2.05) is 13.0 Å². The molecule has 1 aromatic carbocycles. The molecule has 1 saturated carbocycles. The Balaban J connectivity index is 1.96. The molecule has 1 aliphatic carbocycles. The first-order valence-corrected chi connectivity index (χ1v) is 7.45. The first-order valence-electron chi connectivity index (χ1n) is 7.45. The molecule has 1 aliphatic rings. The lowest BCUT2D eigenvalue weighted by atomic mass is 9.86. The van der Waals surface area contributed by atoms with Crippen molar-refractivity contribution in [3.05, 3.63) is 23.8 Å². The molecule has 2 rings (SSSR count). The first-order chi connectivity index (χ1) is 9.97. The molecule has 2 unspecified atom stereocenters. The molecule has 114 valence electrons. The highest BCUT2D eigenvalue weighted by Crippen LogP contribution is 2.24. The number of benzene rings is 1. The summed E-state index contributed by atoms with van der Waals surface area (Å²) in [5, 5.41) is 5.41. The van der Waals surface area contributed by atoms with E-state index in [-0.39, 0.29) is 6.04 Å². The van der Waals surface area contributed by atoms with Crippen molar-refractivity contribution in [2.45, 2.75) is 45.6 Å². The summed E-state index contributed by atoms with van der Waals surface area (Å²) in [4.78, 5) is 24.0. The van der Waals surface area contributed by atoms with Gasteiger partial charge in [-0.25, -0.2) is 0 Å². The minimum atomic E-state index is -0.662. The molecule has 2 atom stereocenters. The van der Waals surface area contributed by atoms with E-state index >= 15 is 0 Å². The standard InChI is InChI=1S/C16H23N3O2/c1-10-7-8-12(17)14(9-10)19-16(21)15(20)18-13-6-4-3-5-11(13)2/h7-9,11,13H,3-6,17H2,1-2H3,(H,18,20)(H,19,21). The van der Waals surface area contributed by atoms with Crippen LogP contribution in [0.3, 0.4) is 0 Å². The lowest BCUT2D eigenvalue weighted by Gasteiger charge is -2.29. The lowest BCUT2D eigenvalue weighted by Crippen LogP contribution is -2.45. The van der Waals surface area contributed by atoms with Crippen LogP contribution in [0.4, 0.5) is 11.4 Å². The number of amides is 2. The summed E-state index contributed by atoms with van der Waals surface area (Å²) in [6.45, 7) is 4.01. The maximum atomic E-state index is 12.0. The van der Waals surface area contributed by atoms with Gasteiger partial charge in [-0.2, -0.15) is 0 Å². The second-order valence-electron chi connectivity index (χ2n) is 5.89. The molecule has 1 aromatic rings. The molecule has 4 N–H and O–H groups in total. The number of hydrogen-bond acceptors (Lipinski definition) is 3. The smallest absolute Gasteiger partial charge is 0.313 e. The number of nitrogen functional groups attached to an aromatic ring is 1. The van der Waals surface area contributed by atoms with Gasteiger partial charge in [-0.1, -0.05) is 25.8 Å². The number of aryl methyl sites for hydroxylation is 1. The zero-order valence-corrected chi connectivity index (χ0v) is 12.6. The van der Waals surface area contributed by atoms with Crippen molar-refractivity contribution in [2.24, 2.45) is 5.92 Å². The maximum Gasteiger partial charge on any atom is 0.313 e. The second kappa shape index (κ2) is 6.61. The Hall–Kier alpha value is -2.04. The highest BCUT2D eigenvalue weighted by atomic mass is 16.2. The van der Waals surface area contributed by atoms with Crippen LogP contribution in [-0.4, -0.2) is 17.9 Å². The molecule has 0 radical (unpaired) electrons. The molecule has 0 saturated heterocycles. The highest BCUT2D eigenvalue weighted by molar-refractivity contribution is 6.40. The van der Waals surface area contributed by atoms with Crippen LogP contribution < -0.4 is 16.4 Å². The van der Waals surface area contributed by atoms with Gasteiger partial charge >= 0.3 is 11.8 Å². The van der Waals surface area contributed by atoms with Gasteiger partial charge in [0.05, 0.1) is 11.4 Å². The fraction of sp³-hybridized carbons (Fsp3) is 0.500. The van der Waals surface area contributed by atoms with Gasteiger partial charge < -0.3 is 16.4 Å². The molecule has 1 fully saturated rings. The summed E-state index contributed by atoms with van der Waals surface area (Å²) in [5.41, 5.74) is 7.70. The van der Waals surface area contributed by atoms with Crippen LogP contribution >= 0.6 is 0 Å². The molecule has 5 nitrogen and oxygen atoms in total. The van der Waals surface area contributed by atoms with Gasteiger partial charge in [-0.15, -0.1) is 0 Å². The third-order valence-electron chi connectivity index (χ3n) is 4.09.